The third kappa shape index (κ3) is 3.32. The molecule has 4 amide bonds. The lowest BCUT2D eigenvalue weighted by Crippen LogP contribution is -2.69. The molecule has 0 radical (unpaired) electrons. The highest BCUT2D eigenvalue weighted by molar-refractivity contribution is 6.21. The quantitative estimate of drug-likeness (QED) is 0.476. The molecular weight excluding hydrogens is 312 g/mol. The molecule has 2 rings (SSSR count). The summed E-state index contributed by atoms with van der Waals surface area (Å²) in [5, 5.41) is 0. The average Bonchev–Trinajstić information content (AvgIpc) is 2.54. The maximum absolute atomic E-state index is 12.8. The number of carbonyl (C=O) groups excluding carboxylic acids is 3. The molecule has 24 heavy (non-hydrogen) atoms. The molecule has 1 saturated heterocycles. The smallest absolute Gasteiger partial charge is 0.270 e. The van der Waals surface area contributed by atoms with Crippen molar-refractivity contribution in [3.05, 3.63) is 35.9 Å². The molecule has 1 heterocycles. The first-order chi connectivity index (χ1) is 11.1. The standard InChI is InChI=1S/C17H22N2O5/c1-16(2,3)23-24-17(11-12-9-7-6-8-10-12)13(20)18(4)15(22)19(5)14(17)21/h6-10H,11H2,1-5H3. The Morgan fingerprint density at radius 2 is 1.46 bits per heavy atom. The fourth-order valence-corrected chi connectivity index (χ4v) is 2.36. The molecule has 0 aromatic heterocycles. The number of barbiturate groups is 1. The minimum Gasteiger partial charge on any atom is -0.270 e. The number of imide groups is 2. The zero-order chi connectivity index (χ0) is 18.1. The zero-order valence-electron chi connectivity index (χ0n) is 14.5. The number of hydrogen-bond acceptors (Lipinski definition) is 5. The summed E-state index contributed by atoms with van der Waals surface area (Å²) in [4.78, 5) is 50.0. The van der Waals surface area contributed by atoms with E-state index < -0.39 is 29.0 Å². The van der Waals surface area contributed by atoms with E-state index in [4.69, 9.17) is 9.78 Å². The van der Waals surface area contributed by atoms with Crippen LogP contribution in [-0.2, 0) is 25.8 Å². The summed E-state index contributed by atoms with van der Waals surface area (Å²) in [6.07, 6.45) is -0.0381. The highest BCUT2D eigenvalue weighted by atomic mass is 17.2. The van der Waals surface area contributed by atoms with Crippen LogP contribution in [-0.4, -0.2) is 52.9 Å². The van der Waals surface area contributed by atoms with Crippen LogP contribution in [0.3, 0.4) is 0 Å². The third-order valence-electron chi connectivity index (χ3n) is 3.60. The van der Waals surface area contributed by atoms with Crippen LogP contribution in [0.5, 0.6) is 0 Å². The monoisotopic (exact) mass is 334 g/mol. The van der Waals surface area contributed by atoms with E-state index in [9.17, 15) is 14.4 Å². The van der Waals surface area contributed by atoms with Crippen molar-refractivity contribution in [1.82, 2.24) is 9.80 Å². The van der Waals surface area contributed by atoms with Crippen LogP contribution in [0.1, 0.15) is 26.3 Å². The Bertz CT molecular complexity index is 627. The molecule has 0 aliphatic carbocycles. The predicted molar refractivity (Wildman–Crippen MR) is 85.7 cm³/mol. The molecule has 1 aliphatic heterocycles. The molecule has 0 unspecified atom stereocenters. The van der Waals surface area contributed by atoms with Gasteiger partial charge in [0.1, 0.15) is 0 Å². The molecule has 0 bridgehead atoms. The number of urea groups is 1. The average molecular weight is 334 g/mol. The summed E-state index contributed by atoms with van der Waals surface area (Å²) in [6, 6.07) is 8.27. The maximum Gasteiger partial charge on any atom is 0.333 e. The normalized spacial score (nSPS) is 18.3. The first-order valence-corrected chi connectivity index (χ1v) is 7.59. The van der Waals surface area contributed by atoms with Crippen molar-refractivity contribution in [2.45, 2.75) is 38.4 Å². The van der Waals surface area contributed by atoms with Crippen molar-refractivity contribution in [2.75, 3.05) is 14.1 Å². The first kappa shape index (κ1) is 18.1. The fraction of sp³-hybridized carbons (Fsp3) is 0.471. The molecule has 0 saturated carbocycles. The van der Waals surface area contributed by atoms with Gasteiger partial charge in [0, 0.05) is 20.5 Å². The summed E-state index contributed by atoms with van der Waals surface area (Å²) in [6.45, 7) is 5.21. The largest absolute Gasteiger partial charge is 0.333 e. The van der Waals surface area contributed by atoms with Gasteiger partial charge in [0.25, 0.3) is 17.4 Å². The second-order valence-corrected chi connectivity index (χ2v) is 6.78. The van der Waals surface area contributed by atoms with E-state index in [0.29, 0.717) is 5.56 Å². The highest BCUT2D eigenvalue weighted by Gasteiger charge is 2.58. The van der Waals surface area contributed by atoms with Crippen molar-refractivity contribution < 1.29 is 24.2 Å². The number of nitrogens with zero attached hydrogens (tertiary/aromatic N) is 2. The third-order valence-corrected chi connectivity index (χ3v) is 3.60. The second-order valence-electron chi connectivity index (χ2n) is 6.78. The minimum atomic E-state index is -1.94. The van der Waals surface area contributed by atoms with E-state index >= 15 is 0 Å². The number of rotatable bonds is 4. The fourth-order valence-electron chi connectivity index (χ4n) is 2.36. The lowest BCUT2D eigenvalue weighted by Gasteiger charge is -2.41. The number of carbonyl (C=O) groups is 3. The summed E-state index contributed by atoms with van der Waals surface area (Å²) < 4.78 is 0. The van der Waals surface area contributed by atoms with Crippen molar-refractivity contribution in [1.29, 1.82) is 0 Å². The summed E-state index contributed by atoms with van der Waals surface area (Å²) in [5.74, 6) is -1.49. The molecule has 130 valence electrons. The van der Waals surface area contributed by atoms with Gasteiger partial charge in [-0.25, -0.2) is 14.6 Å². The summed E-state index contributed by atoms with van der Waals surface area (Å²) in [5.41, 5.74) is -1.96. The number of hydrogen-bond donors (Lipinski definition) is 0. The topological polar surface area (TPSA) is 76.2 Å². The Balaban J connectivity index is 2.46. The Morgan fingerprint density at radius 1 is 0.958 bits per heavy atom. The van der Waals surface area contributed by atoms with Crippen LogP contribution in [0.25, 0.3) is 0 Å². The van der Waals surface area contributed by atoms with Crippen LogP contribution >= 0.6 is 0 Å². The van der Waals surface area contributed by atoms with Gasteiger partial charge in [0.2, 0.25) is 0 Å². The SMILES string of the molecule is CN1C(=O)N(C)C(=O)C(Cc2ccccc2)(OOC(C)(C)C)C1=O. The van der Waals surface area contributed by atoms with Gasteiger partial charge >= 0.3 is 6.03 Å². The van der Waals surface area contributed by atoms with Crippen LogP contribution in [0, 0.1) is 0 Å². The van der Waals surface area contributed by atoms with Gasteiger partial charge in [0.05, 0.1) is 5.60 Å². The number of benzene rings is 1. The number of likely N-dealkylation sites (N-methyl/N-ethyl adjacent to an activating group) is 2. The molecule has 0 N–H and O–H groups in total. The molecule has 0 atom stereocenters. The van der Waals surface area contributed by atoms with Gasteiger partial charge < -0.3 is 0 Å². The Kier molecular flexibility index (Phi) is 4.77. The van der Waals surface area contributed by atoms with Crippen molar-refractivity contribution in [3.8, 4) is 0 Å². The van der Waals surface area contributed by atoms with Crippen LogP contribution in [0.4, 0.5) is 4.79 Å². The van der Waals surface area contributed by atoms with E-state index in [1.807, 2.05) is 6.07 Å². The van der Waals surface area contributed by atoms with Gasteiger partial charge in [-0.15, -0.1) is 0 Å². The minimum absolute atomic E-state index is 0.0381. The number of amides is 4. The van der Waals surface area contributed by atoms with Crippen molar-refractivity contribution in [3.63, 3.8) is 0 Å². The zero-order valence-corrected chi connectivity index (χ0v) is 14.5. The highest BCUT2D eigenvalue weighted by Crippen LogP contribution is 2.30. The van der Waals surface area contributed by atoms with E-state index in [1.54, 1.807) is 45.0 Å². The van der Waals surface area contributed by atoms with Crippen molar-refractivity contribution >= 4 is 17.8 Å². The molecule has 1 aromatic rings. The Morgan fingerprint density at radius 3 is 1.92 bits per heavy atom. The predicted octanol–water partition coefficient (Wildman–Crippen LogP) is 1.76. The van der Waals surface area contributed by atoms with Crippen LogP contribution in [0.2, 0.25) is 0 Å². The Labute approximate surface area is 141 Å². The van der Waals surface area contributed by atoms with Gasteiger partial charge in [-0.3, -0.25) is 19.4 Å². The first-order valence-electron chi connectivity index (χ1n) is 7.59. The van der Waals surface area contributed by atoms with Gasteiger partial charge in [0.15, 0.2) is 0 Å². The second kappa shape index (κ2) is 6.33. The Hall–Kier alpha value is -2.25. The summed E-state index contributed by atoms with van der Waals surface area (Å²) >= 11 is 0. The molecule has 1 aromatic carbocycles. The van der Waals surface area contributed by atoms with E-state index in [-0.39, 0.29) is 6.42 Å². The van der Waals surface area contributed by atoms with E-state index in [2.05, 4.69) is 0 Å². The summed E-state index contributed by atoms with van der Waals surface area (Å²) in [7, 11) is 2.63. The van der Waals surface area contributed by atoms with Gasteiger partial charge in [-0.2, -0.15) is 0 Å². The van der Waals surface area contributed by atoms with Crippen molar-refractivity contribution in [2.24, 2.45) is 0 Å². The molecule has 1 aliphatic rings. The molecular formula is C17H22N2O5. The lowest BCUT2D eigenvalue weighted by atomic mass is 9.90. The van der Waals surface area contributed by atoms with E-state index in [1.165, 1.54) is 14.1 Å². The van der Waals surface area contributed by atoms with Crippen LogP contribution < -0.4 is 0 Å². The molecule has 1 fully saturated rings. The molecule has 7 heteroatoms. The van der Waals surface area contributed by atoms with Gasteiger partial charge in [-0.05, 0) is 26.3 Å². The van der Waals surface area contributed by atoms with E-state index in [0.717, 1.165) is 9.80 Å². The van der Waals surface area contributed by atoms with Crippen LogP contribution in [0.15, 0.2) is 30.3 Å². The maximum atomic E-state index is 12.8. The van der Waals surface area contributed by atoms with Gasteiger partial charge in [-0.1, -0.05) is 30.3 Å². The molecule has 7 nitrogen and oxygen atoms in total. The molecule has 0 spiro atoms. The lowest BCUT2D eigenvalue weighted by molar-refractivity contribution is -0.387.